The summed E-state index contributed by atoms with van der Waals surface area (Å²) in [6.07, 6.45) is 1.31. The van der Waals surface area contributed by atoms with Crippen molar-refractivity contribution >= 4 is 38.5 Å². The Morgan fingerprint density at radius 3 is 2.64 bits per heavy atom. The van der Waals surface area contributed by atoms with Crippen molar-refractivity contribution in [2.45, 2.75) is 6.61 Å². The number of halogens is 2. The van der Waals surface area contributed by atoms with Crippen LogP contribution in [0.15, 0.2) is 86.7 Å². The Morgan fingerprint density at radius 1 is 0.964 bits per heavy atom. The average Bonchev–Trinajstić information content (AvgIpc) is 2.70. The van der Waals surface area contributed by atoms with Gasteiger partial charge in [-0.2, -0.15) is 0 Å². The molecule has 0 aliphatic carbocycles. The van der Waals surface area contributed by atoms with Gasteiger partial charge in [0.15, 0.2) is 0 Å². The summed E-state index contributed by atoms with van der Waals surface area (Å²) < 4.78 is 17.8. The molecule has 28 heavy (non-hydrogen) atoms. The van der Waals surface area contributed by atoms with Crippen molar-refractivity contribution in [3.8, 4) is 17.2 Å². The van der Waals surface area contributed by atoms with Crippen LogP contribution in [0.2, 0.25) is 5.02 Å². The fraction of sp³-hybridized carbons (Fsp3) is 0.0455. The number of para-hydroxylation sites is 1. The van der Waals surface area contributed by atoms with Crippen LogP contribution < -0.4 is 14.9 Å². The third kappa shape index (κ3) is 4.06. The Bertz CT molecular complexity index is 1200. The summed E-state index contributed by atoms with van der Waals surface area (Å²) in [4.78, 5) is 12.7. The van der Waals surface area contributed by atoms with Gasteiger partial charge < -0.3 is 13.9 Å². The maximum absolute atomic E-state index is 12.7. The van der Waals surface area contributed by atoms with Crippen LogP contribution in [0.4, 0.5) is 0 Å². The molecule has 0 bridgehead atoms. The molecule has 140 valence electrons. The lowest BCUT2D eigenvalue weighted by atomic mass is 10.2. The summed E-state index contributed by atoms with van der Waals surface area (Å²) in [6.45, 7) is 0.361. The van der Waals surface area contributed by atoms with E-state index >= 15 is 0 Å². The fourth-order valence-corrected chi connectivity index (χ4v) is 3.27. The molecular formula is C22H14BrClO4. The van der Waals surface area contributed by atoms with Crippen LogP contribution in [0, 0.1) is 0 Å². The molecule has 1 heterocycles. The van der Waals surface area contributed by atoms with Gasteiger partial charge in [0.05, 0.1) is 9.86 Å². The highest BCUT2D eigenvalue weighted by Gasteiger charge is 2.11. The highest BCUT2D eigenvalue weighted by Crippen LogP contribution is 2.29. The molecule has 6 heteroatoms. The lowest BCUT2D eigenvalue weighted by Gasteiger charge is -2.09. The Labute approximate surface area is 174 Å². The van der Waals surface area contributed by atoms with Crippen LogP contribution >= 0.6 is 27.5 Å². The van der Waals surface area contributed by atoms with E-state index in [0.29, 0.717) is 34.1 Å². The van der Waals surface area contributed by atoms with Crippen LogP contribution in [0.3, 0.4) is 0 Å². The molecule has 0 spiro atoms. The molecule has 3 aromatic carbocycles. The number of fused-ring (bicyclic) bond motifs is 1. The summed E-state index contributed by atoms with van der Waals surface area (Å²) in [5.41, 5.74) is 1.12. The van der Waals surface area contributed by atoms with E-state index in [-0.39, 0.29) is 11.2 Å². The van der Waals surface area contributed by atoms with Gasteiger partial charge in [0.1, 0.15) is 30.0 Å². The number of rotatable bonds is 5. The zero-order valence-electron chi connectivity index (χ0n) is 14.5. The monoisotopic (exact) mass is 456 g/mol. The third-order valence-electron chi connectivity index (χ3n) is 4.07. The first-order valence-electron chi connectivity index (χ1n) is 8.45. The van der Waals surface area contributed by atoms with Crippen LogP contribution in [-0.2, 0) is 6.61 Å². The van der Waals surface area contributed by atoms with Crippen LogP contribution in [0.25, 0.3) is 11.0 Å². The van der Waals surface area contributed by atoms with Crippen LogP contribution in [-0.4, -0.2) is 0 Å². The molecule has 0 aliphatic rings. The van der Waals surface area contributed by atoms with Crippen molar-refractivity contribution in [2.24, 2.45) is 0 Å². The zero-order chi connectivity index (χ0) is 19.5. The van der Waals surface area contributed by atoms with E-state index in [1.807, 2.05) is 42.5 Å². The van der Waals surface area contributed by atoms with Gasteiger partial charge in [-0.15, -0.1) is 0 Å². The molecule has 0 aliphatic heterocycles. The van der Waals surface area contributed by atoms with Crippen molar-refractivity contribution in [1.29, 1.82) is 0 Å². The number of benzene rings is 3. The average molecular weight is 458 g/mol. The Hall–Kier alpha value is -2.76. The van der Waals surface area contributed by atoms with Crippen molar-refractivity contribution in [1.82, 2.24) is 0 Å². The molecular weight excluding hydrogens is 444 g/mol. The van der Waals surface area contributed by atoms with Crippen molar-refractivity contribution in [3.05, 3.63) is 98.3 Å². The highest BCUT2D eigenvalue weighted by molar-refractivity contribution is 9.10. The summed E-state index contributed by atoms with van der Waals surface area (Å²) >= 11 is 9.38. The van der Waals surface area contributed by atoms with Crippen molar-refractivity contribution < 1.29 is 13.9 Å². The second kappa shape index (κ2) is 8.09. The molecule has 0 amide bonds. The topological polar surface area (TPSA) is 48.7 Å². The van der Waals surface area contributed by atoms with Crippen LogP contribution in [0.5, 0.6) is 17.2 Å². The summed E-state index contributed by atoms with van der Waals surface area (Å²) in [6, 6.07) is 19.8. The lowest BCUT2D eigenvalue weighted by molar-refractivity contribution is 0.306. The predicted molar refractivity (Wildman–Crippen MR) is 112 cm³/mol. The molecule has 1 aromatic heterocycles. The molecule has 4 rings (SSSR count). The van der Waals surface area contributed by atoms with E-state index in [2.05, 4.69) is 15.9 Å². The maximum Gasteiger partial charge on any atom is 0.235 e. The Morgan fingerprint density at radius 2 is 1.82 bits per heavy atom. The lowest BCUT2D eigenvalue weighted by Crippen LogP contribution is -2.05. The number of hydrogen-bond acceptors (Lipinski definition) is 4. The van der Waals surface area contributed by atoms with Gasteiger partial charge in [-0.1, -0.05) is 35.9 Å². The minimum absolute atomic E-state index is 0.118. The van der Waals surface area contributed by atoms with Gasteiger partial charge in [0.25, 0.3) is 0 Å². The molecule has 4 aromatic rings. The number of ether oxygens (including phenoxy) is 2. The fourth-order valence-electron chi connectivity index (χ4n) is 2.69. The first kappa shape index (κ1) is 18.6. The first-order valence-corrected chi connectivity index (χ1v) is 9.62. The largest absolute Gasteiger partial charge is 0.489 e. The predicted octanol–water partition coefficient (Wildman–Crippen LogP) is 6.58. The van der Waals surface area contributed by atoms with E-state index in [4.69, 9.17) is 25.5 Å². The zero-order valence-corrected chi connectivity index (χ0v) is 16.9. The van der Waals surface area contributed by atoms with Gasteiger partial charge in [0.2, 0.25) is 11.2 Å². The normalized spacial score (nSPS) is 10.8. The van der Waals surface area contributed by atoms with Gasteiger partial charge in [-0.05, 0) is 57.9 Å². The Balaban J connectivity index is 1.57. The SMILES string of the molecule is O=c1c(Oc2ccccc2Br)coc2cc(OCc3cccc(Cl)c3)ccc12. The molecule has 0 fully saturated rings. The summed E-state index contributed by atoms with van der Waals surface area (Å²) in [5.74, 6) is 1.25. The highest BCUT2D eigenvalue weighted by atomic mass is 79.9. The molecule has 0 radical (unpaired) electrons. The van der Waals surface area contributed by atoms with E-state index in [1.165, 1.54) is 6.26 Å². The first-order chi connectivity index (χ1) is 13.6. The minimum Gasteiger partial charge on any atom is -0.489 e. The smallest absolute Gasteiger partial charge is 0.235 e. The Kier molecular flexibility index (Phi) is 5.37. The number of hydrogen-bond donors (Lipinski definition) is 0. The van der Waals surface area contributed by atoms with E-state index in [0.717, 1.165) is 10.0 Å². The minimum atomic E-state index is -0.251. The summed E-state index contributed by atoms with van der Waals surface area (Å²) in [7, 11) is 0. The maximum atomic E-state index is 12.7. The van der Waals surface area contributed by atoms with Crippen molar-refractivity contribution in [2.75, 3.05) is 0 Å². The standard InChI is InChI=1S/C22H14BrClO4/c23-18-6-1-2-7-19(18)28-21-13-27-20-11-16(8-9-17(20)22(21)25)26-12-14-4-3-5-15(24)10-14/h1-11,13H,12H2. The van der Waals surface area contributed by atoms with E-state index in [1.54, 1.807) is 24.3 Å². The molecule has 0 unspecified atom stereocenters. The molecule has 0 atom stereocenters. The summed E-state index contributed by atoms with van der Waals surface area (Å²) in [5, 5.41) is 1.07. The third-order valence-corrected chi connectivity index (χ3v) is 4.96. The van der Waals surface area contributed by atoms with Gasteiger partial charge >= 0.3 is 0 Å². The molecule has 0 N–H and O–H groups in total. The molecule has 0 saturated heterocycles. The van der Waals surface area contributed by atoms with Gasteiger partial charge in [-0.25, -0.2) is 0 Å². The quantitative estimate of drug-likeness (QED) is 0.340. The van der Waals surface area contributed by atoms with Crippen molar-refractivity contribution in [3.63, 3.8) is 0 Å². The second-order valence-electron chi connectivity index (χ2n) is 6.04. The van der Waals surface area contributed by atoms with Gasteiger partial charge in [-0.3, -0.25) is 4.79 Å². The second-order valence-corrected chi connectivity index (χ2v) is 7.33. The van der Waals surface area contributed by atoms with E-state index < -0.39 is 0 Å². The van der Waals surface area contributed by atoms with E-state index in [9.17, 15) is 4.79 Å². The van der Waals surface area contributed by atoms with Crippen LogP contribution in [0.1, 0.15) is 5.56 Å². The molecule has 4 nitrogen and oxygen atoms in total. The molecule has 0 saturated carbocycles. The van der Waals surface area contributed by atoms with Gasteiger partial charge in [0, 0.05) is 11.1 Å².